The number of methoxy groups -OCH3 is 1. The third-order valence-electron chi connectivity index (χ3n) is 2.89. The van der Waals surface area contributed by atoms with Crippen LogP contribution in [0.3, 0.4) is 0 Å². The SMILES string of the molecule is CCN(CC)c1nc(OC)nc2c1CNC2. The van der Waals surface area contributed by atoms with Crippen LogP contribution in [-0.4, -0.2) is 30.2 Å². The van der Waals surface area contributed by atoms with Crippen molar-refractivity contribution >= 4 is 5.82 Å². The van der Waals surface area contributed by atoms with Crippen LogP contribution in [0.25, 0.3) is 0 Å². The summed E-state index contributed by atoms with van der Waals surface area (Å²) < 4.78 is 5.14. The van der Waals surface area contributed by atoms with Gasteiger partial charge in [0.1, 0.15) is 5.82 Å². The molecule has 0 bridgehead atoms. The van der Waals surface area contributed by atoms with Gasteiger partial charge in [0, 0.05) is 31.7 Å². The zero-order chi connectivity index (χ0) is 11.5. The number of rotatable bonds is 4. The lowest BCUT2D eigenvalue weighted by atomic mass is 10.2. The number of hydrogen-bond acceptors (Lipinski definition) is 5. The topological polar surface area (TPSA) is 50.3 Å². The van der Waals surface area contributed by atoms with Crippen LogP contribution >= 0.6 is 0 Å². The Morgan fingerprint density at radius 2 is 2.00 bits per heavy atom. The monoisotopic (exact) mass is 222 g/mol. The summed E-state index contributed by atoms with van der Waals surface area (Å²) in [5.41, 5.74) is 2.28. The first-order valence-corrected chi connectivity index (χ1v) is 5.69. The Hall–Kier alpha value is -1.36. The van der Waals surface area contributed by atoms with Crippen LogP contribution in [0.15, 0.2) is 0 Å². The highest BCUT2D eigenvalue weighted by Crippen LogP contribution is 2.26. The Morgan fingerprint density at radius 1 is 1.25 bits per heavy atom. The first kappa shape index (κ1) is 11.1. The molecule has 0 radical (unpaired) electrons. The van der Waals surface area contributed by atoms with E-state index in [9.17, 15) is 0 Å². The van der Waals surface area contributed by atoms with Crippen molar-refractivity contribution in [1.82, 2.24) is 15.3 Å². The van der Waals surface area contributed by atoms with E-state index in [0.717, 1.165) is 37.7 Å². The second-order valence-electron chi connectivity index (χ2n) is 3.74. The minimum Gasteiger partial charge on any atom is -0.467 e. The molecular formula is C11H18N4O. The molecule has 1 aliphatic rings. The summed E-state index contributed by atoms with van der Waals surface area (Å²) in [6.07, 6.45) is 0. The summed E-state index contributed by atoms with van der Waals surface area (Å²) in [4.78, 5) is 11.1. The minimum absolute atomic E-state index is 0.462. The molecule has 2 heterocycles. The van der Waals surface area contributed by atoms with E-state index in [1.807, 2.05) is 0 Å². The van der Waals surface area contributed by atoms with E-state index in [1.54, 1.807) is 7.11 Å². The molecule has 1 N–H and O–H groups in total. The van der Waals surface area contributed by atoms with Crippen molar-refractivity contribution in [1.29, 1.82) is 0 Å². The molecule has 1 aliphatic heterocycles. The highest BCUT2D eigenvalue weighted by Gasteiger charge is 2.21. The summed E-state index contributed by atoms with van der Waals surface area (Å²) in [5.74, 6) is 1.01. The molecule has 0 aliphatic carbocycles. The van der Waals surface area contributed by atoms with Crippen molar-refractivity contribution in [3.63, 3.8) is 0 Å². The zero-order valence-corrected chi connectivity index (χ0v) is 10.1. The van der Waals surface area contributed by atoms with Crippen LogP contribution in [0, 0.1) is 0 Å². The molecule has 0 spiro atoms. The second-order valence-corrected chi connectivity index (χ2v) is 3.74. The Kier molecular flexibility index (Phi) is 3.24. The van der Waals surface area contributed by atoms with E-state index < -0.39 is 0 Å². The van der Waals surface area contributed by atoms with Gasteiger partial charge in [0.2, 0.25) is 0 Å². The molecule has 0 saturated heterocycles. The molecule has 5 nitrogen and oxygen atoms in total. The van der Waals surface area contributed by atoms with Crippen LogP contribution in [0.1, 0.15) is 25.1 Å². The highest BCUT2D eigenvalue weighted by atomic mass is 16.5. The summed E-state index contributed by atoms with van der Waals surface area (Å²) in [7, 11) is 1.61. The number of nitrogens with one attached hydrogen (secondary N) is 1. The van der Waals surface area contributed by atoms with Crippen LogP contribution in [0.4, 0.5) is 5.82 Å². The van der Waals surface area contributed by atoms with Crippen LogP contribution in [-0.2, 0) is 13.1 Å². The van der Waals surface area contributed by atoms with Gasteiger partial charge in [-0.1, -0.05) is 0 Å². The van der Waals surface area contributed by atoms with Crippen molar-refractivity contribution in [3.05, 3.63) is 11.3 Å². The minimum atomic E-state index is 0.462. The van der Waals surface area contributed by atoms with Gasteiger partial charge in [-0.15, -0.1) is 0 Å². The van der Waals surface area contributed by atoms with Gasteiger partial charge in [-0.05, 0) is 13.8 Å². The lowest BCUT2D eigenvalue weighted by Crippen LogP contribution is -2.25. The molecule has 16 heavy (non-hydrogen) atoms. The van der Waals surface area contributed by atoms with Gasteiger partial charge in [0.05, 0.1) is 12.8 Å². The average molecular weight is 222 g/mol. The molecule has 0 atom stereocenters. The van der Waals surface area contributed by atoms with E-state index in [4.69, 9.17) is 4.74 Å². The van der Waals surface area contributed by atoms with Crippen molar-refractivity contribution in [2.24, 2.45) is 0 Å². The van der Waals surface area contributed by atoms with Crippen LogP contribution in [0.5, 0.6) is 6.01 Å². The molecule has 0 aromatic carbocycles. The lowest BCUT2D eigenvalue weighted by Gasteiger charge is -2.22. The van der Waals surface area contributed by atoms with Crippen molar-refractivity contribution in [3.8, 4) is 6.01 Å². The quantitative estimate of drug-likeness (QED) is 0.821. The standard InChI is InChI=1S/C11H18N4O/c1-4-15(5-2)10-8-6-12-7-9(8)13-11(14-10)16-3/h12H,4-7H2,1-3H3. The number of ether oxygens (including phenoxy) is 1. The largest absolute Gasteiger partial charge is 0.467 e. The summed E-state index contributed by atoms with van der Waals surface area (Å²) in [5, 5.41) is 3.30. The van der Waals surface area contributed by atoms with Gasteiger partial charge in [0.15, 0.2) is 0 Å². The molecule has 1 aromatic heterocycles. The maximum atomic E-state index is 5.14. The first-order chi connectivity index (χ1) is 7.80. The Balaban J connectivity index is 2.46. The molecule has 0 saturated carbocycles. The van der Waals surface area contributed by atoms with Crippen LogP contribution < -0.4 is 15.0 Å². The number of fused-ring (bicyclic) bond motifs is 1. The Labute approximate surface area is 95.8 Å². The molecule has 88 valence electrons. The van der Waals surface area contributed by atoms with Crippen LogP contribution in [0.2, 0.25) is 0 Å². The van der Waals surface area contributed by atoms with Gasteiger partial charge >= 0.3 is 6.01 Å². The van der Waals surface area contributed by atoms with Gasteiger partial charge < -0.3 is 15.0 Å². The molecule has 5 heteroatoms. The van der Waals surface area contributed by atoms with E-state index >= 15 is 0 Å². The van der Waals surface area contributed by atoms with E-state index in [2.05, 4.69) is 34.0 Å². The number of aromatic nitrogens is 2. The maximum Gasteiger partial charge on any atom is 0.318 e. The third-order valence-corrected chi connectivity index (χ3v) is 2.89. The molecule has 0 unspecified atom stereocenters. The fourth-order valence-electron chi connectivity index (χ4n) is 2.00. The van der Waals surface area contributed by atoms with Gasteiger partial charge in [-0.3, -0.25) is 0 Å². The summed E-state index contributed by atoms with van der Waals surface area (Å²) in [6, 6.07) is 0.462. The fraction of sp³-hybridized carbons (Fsp3) is 0.636. The number of hydrogen-bond donors (Lipinski definition) is 1. The summed E-state index contributed by atoms with van der Waals surface area (Å²) >= 11 is 0. The van der Waals surface area contributed by atoms with E-state index in [-0.39, 0.29) is 0 Å². The molecule has 2 rings (SSSR count). The smallest absolute Gasteiger partial charge is 0.318 e. The number of anilines is 1. The summed E-state index contributed by atoms with van der Waals surface area (Å²) in [6.45, 7) is 7.82. The van der Waals surface area contributed by atoms with Gasteiger partial charge in [0.25, 0.3) is 0 Å². The maximum absolute atomic E-state index is 5.14. The molecular weight excluding hydrogens is 204 g/mol. The Bertz CT molecular complexity index is 376. The molecule has 0 fully saturated rings. The van der Waals surface area contributed by atoms with Gasteiger partial charge in [-0.25, -0.2) is 0 Å². The van der Waals surface area contributed by atoms with Crippen molar-refractivity contribution in [2.45, 2.75) is 26.9 Å². The predicted octanol–water partition coefficient (Wildman–Crippen LogP) is 0.935. The predicted molar refractivity (Wildman–Crippen MR) is 62.7 cm³/mol. The zero-order valence-electron chi connectivity index (χ0n) is 10.1. The lowest BCUT2D eigenvalue weighted by molar-refractivity contribution is 0.378. The fourth-order valence-corrected chi connectivity index (χ4v) is 2.00. The Morgan fingerprint density at radius 3 is 2.62 bits per heavy atom. The first-order valence-electron chi connectivity index (χ1n) is 5.69. The molecule has 1 aromatic rings. The average Bonchev–Trinajstić information content (AvgIpc) is 2.78. The highest BCUT2D eigenvalue weighted by molar-refractivity contribution is 5.51. The van der Waals surface area contributed by atoms with Crippen molar-refractivity contribution in [2.75, 3.05) is 25.1 Å². The molecule has 0 amide bonds. The van der Waals surface area contributed by atoms with Crippen molar-refractivity contribution < 1.29 is 4.74 Å². The van der Waals surface area contributed by atoms with E-state index in [0.29, 0.717) is 6.01 Å². The normalized spacial score (nSPS) is 13.7. The van der Waals surface area contributed by atoms with Gasteiger partial charge in [-0.2, -0.15) is 9.97 Å². The third kappa shape index (κ3) is 1.82. The van der Waals surface area contributed by atoms with E-state index in [1.165, 1.54) is 5.56 Å². The number of nitrogens with zero attached hydrogens (tertiary/aromatic N) is 3. The second kappa shape index (κ2) is 4.65.